The van der Waals surface area contributed by atoms with Crippen molar-refractivity contribution in [3.63, 3.8) is 0 Å². The number of rotatable bonds is 6. The van der Waals surface area contributed by atoms with Gasteiger partial charge in [0.2, 0.25) is 11.8 Å². The van der Waals surface area contributed by atoms with Crippen molar-refractivity contribution in [2.75, 3.05) is 29.9 Å². The molecule has 0 radical (unpaired) electrons. The molecule has 0 spiro atoms. The minimum Gasteiger partial charge on any atom is -0.356 e. The second-order valence-corrected chi connectivity index (χ2v) is 8.66. The van der Waals surface area contributed by atoms with Gasteiger partial charge in [-0.25, -0.2) is 13.8 Å². The van der Waals surface area contributed by atoms with Crippen LogP contribution in [0.25, 0.3) is 10.3 Å². The fourth-order valence-corrected chi connectivity index (χ4v) is 4.71. The Bertz CT molecular complexity index is 1260. The molecular formula is C21H22F2N6O3S. The van der Waals surface area contributed by atoms with Gasteiger partial charge in [0.15, 0.2) is 10.8 Å². The standard InChI is InChI=1S/C21H22F2N6O3S/c1-2-24-19(31)12-4-3-7-28(9-12)21-27-18-17(33-21)20(32)29(11-25-18)10-16(30)26-15-6-5-13(22)8-14(15)23/h5-6,8,11-12H,2-4,7,9-10H2,1H3,(H,24,31)(H,26,30)/t12-/m0/s1. The molecule has 2 amide bonds. The lowest BCUT2D eigenvalue weighted by molar-refractivity contribution is -0.125. The maximum absolute atomic E-state index is 13.8. The van der Waals surface area contributed by atoms with Crippen LogP contribution in [0, 0.1) is 17.6 Å². The number of benzene rings is 1. The average molecular weight is 477 g/mol. The SMILES string of the molecule is CCNC(=O)[C@H]1CCCN(c2nc3ncn(CC(=O)Nc4ccc(F)cc4F)c(=O)c3s2)C1. The fourth-order valence-electron chi connectivity index (χ4n) is 3.70. The molecule has 0 bridgehead atoms. The number of amides is 2. The van der Waals surface area contributed by atoms with Gasteiger partial charge in [-0.1, -0.05) is 11.3 Å². The molecule has 1 aromatic carbocycles. The summed E-state index contributed by atoms with van der Waals surface area (Å²) in [7, 11) is 0. The molecule has 1 saturated heterocycles. The number of nitrogens with one attached hydrogen (secondary N) is 2. The van der Waals surface area contributed by atoms with E-state index in [1.54, 1.807) is 0 Å². The summed E-state index contributed by atoms with van der Waals surface area (Å²) >= 11 is 1.16. The molecule has 2 aromatic heterocycles. The van der Waals surface area contributed by atoms with Crippen LogP contribution in [0.4, 0.5) is 19.6 Å². The van der Waals surface area contributed by atoms with E-state index in [9.17, 15) is 23.2 Å². The van der Waals surface area contributed by atoms with E-state index >= 15 is 0 Å². The van der Waals surface area contributed by atoms with E-state index in [4.69, 9.17) is 0 Å². The Morgan fingerprint density at radius 3 is 2.88 bits per heavy atom. The number of fused-ring (bicyclic) bond motifs is 1. The summed E-state index contributed by atoms with van der Waals surface area (Å²) < 4.78 is 28.2. The summed E-state index contributed by atoms with van der Waals surface area (Å²) in [5.41, 5.74) is -0.368. The Morgan fingerprint density at radius 1 is 1.30 bits per heavy atom. The first-order valence-electron chi connectivity index (χ1n) is 10.5. The van der Waals surface area contributed by atoms with Crippen molar-refractivity contribution >= 4 is 44.3 Å². The Balaban J connectivity index is 1.50. The summed E-state index contributed by atoms with van der Waals surface area (Å²) in [6, 6.07) is 2.79. The smallest absolute Gasteiger partial charge is 0.273 e. The first-order chi connectivity index (χ1) is 15.9. The third kappa shape index (κ3) is 5.00. The molecule has 3 aromatic rings. The van der Waals surface area contributed by atoms with E-state index in [2.05, 4.69) is 20.6 Å². The summed E-state index contributed by atoms with van der Waals surface area (Å²) in [6.07, 6.45) is 2.83. The molecule has 4 rings (SSSR count). The molecule has 1 aliphatic rings. The minimum atomic E-state index is -0.913. The predicted octanol–water partition coefficient (Wildman–Crippen LogP) is 2.12. The molecule has 1 aliphatic heterocycles. The van der Waals surface area contributed by atoms with E-state index in [1.165, 1.54) is 6.33 Å². The predicted molar refractivity (Wildman–Crippen MR) is 120 cm³/mol. The molecule has 1 atom stereocenters. The van der Waals surface area contributed by atoms with Gasteiger partial charge >= 0.3 is 0 Å². The van der Waals surface area contributed by atoms with Crippen molar-refractivity contribution < 1.29 is 18.4 Å². The zero-order valence-corrected chi connectivity index (χ0v) is 18.6. The highest BCUT2D eigenvalue weighted by molar-refractivity contribution is 7.22. The number of halogens is 2. The average Bonchev–Trinajstić information content (AvgIpc) is 3.23. The van der Waals surface area contributed by atoms with Gasteiger partial charge in [-0.3, -0.25) is 19.0 Å². The normalized spacial score (nSPS) is 16.1. The van der Waals surface area contributed by atoms with Crippen molar-refractivity contribution in [1.29, 1.82) is 0 Å². The number of hydrogen-bond donors (Lipinski definition) is 2. The van der Waals surface area contributed by atoms with E-state index in [0.717, 1.165) is 47.4 Å². The Morgan fingerprint density at radius 2 is 2.12 bits per heavy atom. The highest BCUT2D eigenvalue weighted by Gasteiger charge is 2.27. The van der Waals surface area contributed by atoms with Gasteiger partial charge in [0, 0.05) is 25.7 Å². The van der Waals surface area contributed by atoms with Crippen LogP contribution in [0.5, 0.6) is 0 Å². The minimum absolute atomic E-state index is 0.00685. The second-order valence-electron chi connectivity index (χ2n) is 7.68. The van der Waals surface area contributed by atoms with Crippen molar-refractivity contribution in [3.8, 4) is 0 Å². The van der Waals surface area contributed by atoms with Crippen molar-refractivity contribution in [2.24, 2.45) is 5.92 Å². The van der Waals surface area contributed by atoms with Gasteiger partial charge in [-0.05, 0) is 31.9 Å². The molecule has 33 heavy (non-hydrogen) atoms. The maximum atomic E-state index is 13.8. The van der Waals surface area contributed by atoms with Gasteiger partial charge in [0.1, 0.15) is 29.2 Å². The molecule has 1 fully saturated rings. The summed E-state index contributed by atoms with van der Waals surface area (Å²) in [6.45, 7) is 3.27. The van der Waals surface area contributed by atoms with E-state index < -0.39 is 29.6 Å². The monoisotopic (exact) mass is 476 g/mol. The van der Waals surface area contributed by atoms with Crippen LogP contribution in [0.3, 0.4) is 0 Å². The van der Waals surface area contributed by atoms with Gasteiger partial charge in [0.25, 0.3) is 5.56 Å². The molecule has 12 heteroatoms. The lowest BCUT2D eigenvalue weighted by Crippen LogP contribution is -2.43. The number of carbonyl (C=O) groups is 2. The van der Waals surface area contributed by atoms with Crippen LogP contribution >= 0.6 is 11.3 Å². The summed E-state index contributed by atoms with van der Waals surface area (Å²) in [5, 5.41) is 5.76. The number of carbonyl (C=O) groups excluding carboxylic acids is 2. The van der Waals surface area contributed by atoms with E-state index in [0.29, 0.717) is 24.3 Å². The highest BCUT2D eigenvalue weighted by atomic mass is 32.1. The zero-order valence-electron chi connectivity index (χ0n) is 17.8. The van der Waals surface area contributed by atoms with Crippen molar-refractivity contribution in [1.82, 2.24) is 19.9 Å². The van der Waals surface area contributed by atoms with E-state index in [1.807, 2.05) is 11.8 Å². The number of aromatic nitrogens is 3. The second kappa shape index (κ2) is 9.61. The first-order valence-corrected chi connectivity index (χ1v) is 11.3. The summed E-state index contributed by atoms with van der Waals surface area (Å²) in [4.78, 5) is 48.0. The molecule has 174 valence electrons. The molecule has 9 nitrogen and oxygen atoms in total. The maximum Gasteiger partial charge on any atom is 0.273 e. The van der Waals surface area contributed by atoms with Gasteiger partial charge in [-0.2, -0.15) is 4.98 Å². The zero-order chi connectivity index (χ0) is 23.5. The number of thiazole rings is 1. The van der Waals surface area contributed by atoms with Crippen molar-refractivity contribution in [2.45, 2.75) is 26.3 Å². The quantitative estimate of drug-likeness (QED) is 0.564. The highest BCUT2D eigenvalue weighted by Crippen LogP contribution is 2.29. The molecule has 0 unspecified atom stereocenters. The van der Waals surface area contributed by atoms with Crippen LogP contribution in [0.15, 0.2) is 29.3 Å². The van der Waals surface area contributed by atoms with Crippen LogP contribution in [0.1, 0.15) is 19.8 Å². The number of nitrogens with zero attached hydrogens (tertiary/aromatic N) is 4. The third-order valence-corrected chi connectivity index (χ3v) is 6.40. The lowest BCUT2D eigenvalue weighted by Gasteiger charge is -2.31. The molecule has 0 aliphatic carbocycles. The topological polar surface area (TPSA) is 109 Å². The molecule has 0 saturated carbocycles. The molecular weight excluding hydrogens is 454 g/mol. The fraction of sp³-hybridized carbons (Fsp3) is 0.381. The van der Waals surface area contributed by atoms with E-state index in [-0.39, 0.29) is 27.9 Å². The summed E-state index contributed by atoms with van der Waals surface area (Å²) in [5.74, 6) is -2.47. The number of anilines is 2. The number of hydrogen-bond acceptors (Lipinski definition) is 7. The Labute approximate surface area is 191 Å². The third-order valence-electron chi connectivity index (χ3n) is 5.31. The van der Waals surface area contributed by atoms with Crippen LogP contribution < -0.4 is 21.1 Å². The largest absolute Gasteiger partial charge is 0.356 e. The Kier molecular flexibility index (Phi) is 6.63. The first kappa shape index (κ1) is 22.8. The molecule has 3 heterocycles. The van der Waals surface area contributed by atoms with Gasteiger partial charge < -0.3 is 15.5 Å². The van der Waals surface area contributed by atoms with Gasteiger partial charge in [0.05, 0.1) is 11.6 Å². The molecule has 2 N–H and O–H groups in total. The Hall–Kier alpha value is -3.41. The van der Waals surface area contributed by atoms with Gasteiger partial charge in [-0.15, -0.1) is 0 Å². The lowest BCUT2D eigenvalue weighted by atomic mass is 9.97. The van der Waals surface area contributed by atoms with Crippen LogP contribution in [-0.4, -0.2) is 46.0 Å². The van der Waals surface area contributed by atoms with Crippen LogP contribution in [-0.2, 0) is 16.1 Å². The van der Waals surface area contributed by atoms with Crippen LogP contribution in [0.2, 0.25) is 0 Å². The van der Waals surface area contributed by atoms with Crippen molar-refractivity contribution in [3.05, 3.63) is 46.5 Å². The number of piperidine rings is 1.